The molecule has 2 atom stereocenters. The van der Waals surface area contributed by atoms with Gasteiger partial charge in [0.25, 0.3) is 0 Å². The van der Waals surface area contributed by atoms with Crippen molar-refractivity contribution in [1.29, 1.82) is 0 Å². The Morgan fingerprint density at radius 1 is 0.893 bits per heavy atom. The number of hydrogen-bond donors (Lipinski definition) is 0. The van der Waals surface area contributed by atoms with Crippen molar-refractivity contribution in [2.24, 2.45) is 0 Å². The van der Waals surface area contributed by atoms with Crippen LogP contribution < -0.4 is 19.5 Å². The van der Waals surface area contributed by atoms with Gasteiger partial charge < -0.3 is 14.2 Å². The quantitative estimate of drug-likeness (QED) is 0.531. The van der Waals surface area contributed by atoms with Crippen molar-refractivity contribution in [3.63, 3.8) is 0 Å². The van der Waals surface area contributed by atoms with E-state index in [0.29, 0.717) is 0 Å². The van der Waals surface area contributed by atoms with Crippen LogP contribution in [0.5, 0.6) is 17.2 Å². The van der Waals surface area contributed by atoms with E-state index in [4.69, 9.17) is 14.2 Å². The molecule has 3 nitrogen and oxygen atoms in total. The van der Waals surface area contributed by atoms with Crippen LogP contribution in [0.2, 0.25) is 0 Å². The number of rotatable bonds is 5. The monoisotopic (exact) mass is 400 g/mol. The maximum atomic E-state index is 6.30. The summed E-state index contributed by atoms with van der Waals surface area (Å²) in [4.78, 5) is 0. The van der Waals surface area contributed by atoms with Crippen LogP contribution in [-0.2, 0) is 0 Å². The molecule has 0 spiro atoms. The summed E-state index contributed by atoms with van der Waals surface area (Å²) in [5.74, 6) is 2.93. The van der Waals surface area contributed by atoms with E-state index in [-0.39, 0.29) is 23.2 Å². The molecule has 4 heteroatoms. The lowest BCUT2D eigenvalue weighted by atomic mass is 10.0. The lowest BCUT2D eigenvalue weighted by Crippen LogP contribution is -2.23. The third-order valence-corrected chi connectivity index (χ3v) is 7.83. The molecule has 0 radical (unpaired) electrons. The van der Waals surface area contributed by atoms with E-state index in [1.807, 2.05) is 18.2 Å². The molecule has 1 aliphatic rings. The first-order valence-electron chi connectivity index (χ1n) is 10.1. The SMILES string of the molecule is CC(C)Oc1cccc(OC(C)C)c1-c1cccc2c1[P@](C(C)(C)C)[C@@H](C)O2. The van der Waals surface area contributed by atoms with Crippen molar-refractivity contribution >= 4 is 13.2 Å². The summed E-state index contributed by atoms with van der Waals surface area (Å²) in [6.45, 7) is 17.4. The molecule has 2 aromatic carbocycles. The molecule has 0 aromatic heterocycles. The molecule has 0 amide bonds. The first kappa shape index (κ1) is 21.0. The van der Waals surface area contributed by atoms with Gasteiger partial charge in [0, 0.05) is 10.9 Å². The predicted octanol–water partition coefficient (Wildman–Crippen LogP) is 6.57. The fourth-order valence-corrected chi connectivity index (χ4v) is 7.00. The van der Waals surface area contributed by atoms with Crippen LogP contribution in [0.3, 0.4) is 0 Å². The molecule has 0 saturated carbocycles. The van der Waals surface area contributed by atoms with Gasteiger partial charge in [-0.2, -0.15) is 0 Å². The highest BCUT2D eigenvalue weighted by molar-refractivity contribution is 7.68. The van der Waals surface area contributed by atoms with Crippen LogP contribution in [-0.4, -0.2) is 23.2 Å². The Hall–Kier alpha value is -1.73. The van der Waals surface area contributed by atoms with Gasteiger partial charge in [-0.25, -0.2) is 0 Å². The molecule has 152 valence electrons. The normalized spacial score (nSPS) is 18.9. The standard InChI is InChI=1S/C24H33O3P/c1-15(2)25-19-12-10-13-20(26-16(3)4)22(19)18-11-9-14-21-23(18)28(17(5)27-21)24(6,7)8/h9-17H,1-8H3/t17-,28+/m0/s1. The topological polar surface area (TPSA) is 27.7 Å². The van der Waals surface area contributed by atoms with Gasteiger partial charge in [-0.3, -0.25) is 0 Å². The van der Waals surface area contributed by atoms with Crippen LogP contribution in [0.25, 0.3) is 11.1 Å². The van der Waals surface area contributed by atoms with Crippen LogP contribution in [0, 0.1) is 0 Å². The summed E-state index contributed by atoms with van der Waals surface area (Å²) < 4.78 is 18.7. The van der Waals surface area contributed by atoms with Crippen molar-refractivity contribution < 1.29 is 14.2 Å². The summed E-state index contributed by atoms with van der Waals surface area (Å²) in [6, 6.07) is 12.5. The van der Waals surface area contributed by atoms with E-state index < -0.39 is 7.92 Å². The van der Waals surface area contributed by atoms with Crippen LogP contribution >= 0.6 is 7.92 Å². The average molecular weight is 400 g/mol. The molecule has 2 aromatic rings. The maximum absolute atomic E-state index is 6.30. The van der Waals surface area contributed by atoms with Gasteiger partial charge in [0.2, 0.25) is 0 Å². The van der Waals surface area contributed by atoms with Crippen LogP contribution in [0.4, 0.5) is 0 Å². The smallest absolute Gasteiger partial charge is 0.131 e. The summed E-state index contributed by atoms with van der Waals surface area (Å²) in [5, 5.41) is 1.47. The highest BCUT2D eigenvalue weighted by Gasteiger charge is 2.41. The fourth-order valence-electron chi connectivity index (χ4n) is 3.85. The third kappa shape index (κ3) is 4.15. The Bertz CT molecular complexity index is 808. The molecule has 0 unspecified atom stereocenters. The van der Waals surface area contributed by atoms with Gasteiger partial charge in [0.05, 0.1) is 17.8 Å². The molecule has 0 saturated heterocycles. The first-order chi connectivity index (χ1) is 13.1. The van der Waals surface area contributed by atoms with Crippen molar-refractivity contribution in [1.82, 2.24) is 0 Å². The van der Waals surface area contributed by atoms with Gasteiger partial charge in [-0.15, -0.1) is 0 Å². The Balaban J connectivity index is 2.27. The Morgan fingerprint density at radius 2 is 1.43 bits per heavy atom. The van der Waals surface area contributed by atoms with Gasteiger partial charge in [0.15, 0.2) is 0 Å². The molecule has 1 heterocycles. The molecule has 1 aliphatic heterocycles. The largest absolute Gasteiger partial charge is 0.490 e. The van der Waals surface area contributed by atoms with Crippen molar-refractivity contribution in [3.05, 3.63) is 36.4 Å². The second-order valence-electron chi connectivity index (χ2n) is 8.87. The van der Waals surface area contributed by atoms with Gasteiger partial charge in [-0.05, 0) is 65.9 Å². The minimum atomic E-state index is -0.506. The molecule has 0 bridgehead atoms. The zero-order chi connectivity index (χ0) is 20.6. The van der Waals surface area contributed by atoms with Gasteiger partial charge in [-0.1, -0.05) is 39.0 Å². The molecular formula is C24H33O3P. The average Bonchev–Trinajstić information content (AvgIpc) is 2.90. The third-order valence-electron chi connectivity index (χ3n) is 4.61. The van der Waals surface area contributed by atoms with E-state index >= 15 is 0 Å². The van der Waals surface area contributed by atoms with Crippen LogP contribution in [0.15, 0.2) is 36.4 Å². The second-order valence-corrected chi connectivity index (χ2v) is 12.1. The molecule has 0 fully saturated rings. The lowest BCUT2D eigenvalue weighted by molar-refractivity contribution is 0.231. The maximum Gasteiger partial charge on any atom is 0.131 e. The zero-order valence-electron chi connectivity index (χ0n) is 18.4. The molecule has 0 N–H and O–H groups in total. The Kier molecular flexibility index (Phi) is 5.96. The number of benzene rings is 2. The first-order valence-corrected chi connectivity index (χ1v) is 11.6. The summed E-state index contributed by atoms with van der Waals surface area (Å²) in [6.07, 6.45) is 0.174. The minimum Gasteiger partial charge on any atom is -0.490 e. The van der Waals surface area contributed by atoms with Gasteiger partial charge >= 0.3 is 0 Å². The van der Waals surface area contributed by atoms with E-state index in [2.05, 4.69) is 73.6 Å². The predicted molar refractivity (Wildman–Crippen MR) is 120 cm³/mol. The van der Waals surface area contributed by atoms with E-state index in [1.54, 1.807) is 0 Å². The minimum absolute atomic E-state index is 0.0871. The second kappa shape index (κ2) is 7.95. The highest BCUT2D eigenvalue weighted by atomic mass is 31.1. The fraction of sp³-hybridized carbons (Fsp3) is 0.500. The Labute approximate surface area is 171 Å². The van der Waals surface area contributed by atoms with Crippen molar-refractivity contribution in [2.75, 3.05) is 0 Å². The molecule has 3 rings (SSSR count). The van der Waals surface area contributed by atoms with Crippen molar-refractivity contribution in [3.8, 4) is 28.4 Å². The summed E-state index contributed by atoms with van der Waals surface area (Å²) >= 11 is 0. The number of fused-ring (bicyclic) bond motifs is 1. The number of ether oxygens (including phenoxy) is 3. The molecular weight excluding hydrogens is 367 g/mol. The van der Waals surface area contributed by atoms with E-state index in [1.165, 1.54) is 10.9 Å². The zero-order valence-corrected chi connectivity index (χ0v) is 19.3. The Morgan fingerprint density at radius 3 is 1.93 bits per heavy atom. The molecule has 0 aliphatic carbocycles. The van der Waals surface area contributed by atoms with Crippen LogP contribution in [0.1, 0.15) is 55.4 Å². The lowest BCUT2D eigenvalue weighted by Gasteiger charge is -2.31. The van der Waals surface area contributed by atoms with E-state index in [0.717, 1.165) is 22.8 Å². The van der Waals surface area contributed by atoms with Gasteiger partial charge in [0.1, 0.15) is 23.1 Å². The number of hydrogen-bond acceptors (Lipinski definition) is 3. The summed E-state index contributed by atoms with van der Waals surface area (Å²) in [7, 11) is -0.506. The molecule has 28 heavy (non-hydrogen) atoms. The summed E-state index contributed by atoms with van der Waals surface area (Å²) in [5.41, 5.74) is 2.21. The highest BCUT2D eigenvalue weighted by Crippen LogP contribution is 2.60. The van der Waals surface area contributed by atoms with E-state index in [9.17, 15) is 0 Å². The van der Waals surface area contributed by atoms with Crippen molar-refractivity contribution in [2.45, 2.75) is 78.6 Å².